The molecule has 0 aliphatic carbocycles. The third kappa shape index (κ3) is 254. The Bertz CT molecular complexity index is 6.00. The zero-order valence-electron chi connectivity index (χ0n) is 2.49. The van der Waals surface area contributed by atoms with Gasteiger partial charge in [0.2, 0.25) is 0 Å². The monoisotopic (exact) mass is 62.1 g/mol. The van der Waals surface area contributed by atoms with Crippen molar-refractivity contribution in [2.45, 2.75) is 0 Å². The zero-order valence-corrected chi connectivity index (χ0v) is 2.49. The third-order valence-corrected chi connectivity index (χ3v) is 0. The molecule has 0 saturated carbocycles. The molecule has 4 heavy (non-hydrogen) atoms. The second-order valence-corrected chi connectivity index (χ2v) is 0.289. The summed E-state index contributed by atoms with van der Waals surface area (Å²) in [5.41, 5.74) is 4.74. The number of nitrogens with two attached hydrogens (primary N) is 1. The lowest BCUT2D eigenvalue weighted by Gasteiger charge is -1.52. The minimum absolute atomic E-state index is 0. The molecule has 0 aliphatic heterocycles. The first-order chi connectivity index (χ1) is 1.41. The van der Waals surface area contributed by atoms with Gasteiger partial charge < -0.3 is 11.2 Å². The van der Waals surface area contributed by atoms with Gasteiger partial charge in [-0.05, 0) is 13.5 Å². The van der Waals surface area contributed by atoms with Crippen LogP contribution in [0.5, 0.6) is 0 Å². The molecule has 0 atom stereocenters. The third-order valence-electron chi connectivity index (χ3n) is 0. The summed E-state index contributed by atoms with van der Waals surface area (Å²) in [5.74, 6) is 0. The van der Waals surface area contributed by atoms with Crippen molar-refractivity contribution < 1.29 is 5.48 Å². The molecule has 0 amide bonds. The first-order valence-corrected chi connectivity index (χ1v) is 0.908. The summed E-state index contributed by atoms with van der Waals surface area (Å²) in [7, 11) is 0. The zero-order chi connectivity index (χ0) is 2.71. The molecule has 1 radical (unpaired) electrons. The Morgan fingerprint density at radius 3 is 1.75 bits per heavy atom. The summed E-state index contributed by atoms with van der Waals surface area (Å²) in [4.78, 5) is 0. The number of hydrogen-bond acceptors (Lipinski definition) is 1. The maximum absolute atomic E-state index is 4.74. The Morgan fingerprint density at radius 1 is 1.75 bits per heavy atom. The molecule has 0 saturated heterocycles. The van der Waals surface area contributed by atoms with Gasteiger partial charge in [-0.15, -0.1) is 0 Å². The highest BCUT2D eigenvalue weighted by Crippen LogP contribution is 1.17. The van der Waals surface area contributed by atoms with Crippen LogP contribution in [0.4, 0.5) is 0 Å². The SMILES string of the molecule is O.[CH2]CN. The van der Waals surface area contributed by atoms with E-state index in [0.29, 0.717) is 6.54 Å². The van der Waals surface area contributed by atoms with Crippen molar-refractivity contribution in [3.05, 3.63) is 6.92 Å². The van der Waals surface area contributed by atoms with Crippen LogP contribution in [-0.2, 0) is 0 Å². The van der Waals surface area contributed by atoms with Gasteiger partial charge in [0.25, 0.3) is 0 Å². The van der Waals surface area contributed by atoms with Crippen molar-refractivity contribution in [3.63, 3.8) is 0 Å². The summed E-state index contributed by atoms with van der Waals surface area (Å²) in [5, 5.41) is 0. The topological polar surface area (TPSA) is 57.5 Å². The van der Waals surface area contributed by atoms with Crippen LogP contribution in [0.1, 0.15) is 0 Å². The molecule has 0 rings (SSSR count). The van der Waals surface area contributed by atoms with Crippen molar-refractivity contribution in [2.24, 2.45) is 5.73 Å². The summed E-state index contributed by atoms with van der Waals surface area (Å²) in [6, 6.07) is 0. The summed E-state index contributed by atoms with van der Waals surface area (Å²) < 4.78 is 0. The Kier molecular flexibility index (Phi) is 28.8. The van der Waals surface area contributed by atoms with E-state index in [0.717, 1.165) is 0 Å². The normalized spacial score (nSPS) is 4.50. The van der Waals surface area contributed by atoms with Crippen LogP contribution in [0.2, 0.25) is 0 Å². The molecule has 0 unspecified atom stereocenters. The van der Waals surface area contributed by atoms with E-state index in [2.05, 4.69) is 6.92 Å². The van der Waals surface area contributed by atoms with Gasteiger partial charge in [-0.25, -0.2) is 0 Å². The van der Waals surface area contributed by atoms with Crippen LogP contribution in [0.3, 0.4) is 0 Å². The quantitative estimate of drug-likeness (QED) is 0.382. The van der Waals surface area contributed by atoms with Crippen molar-refractivity contribution >= 4 is 0 Å². The maximum Gasteiger partial charge on any atom is -0.00768 e. The minimum Gasteiger partial charge on any atom is -0.412 e. The van der Waals surface area contributed by atoms with Crippen LogP contribution in [-0.4, -0.2) is 12.0 Å². The standard InChI is InChI=1S/C2H6N.H2O/c1-2-3;/h1-3H2;1H2. The molecular formula is C2H8NO. The molecular weight excluding hydrogens is 54.0 g/mol. The fraction of sp³-hybridized carbons (Fsp3) is 0.500. The minimum atomic E-state index is 0. The van der Waals surface area contributed by atoms with Gasteiger partial charge in [0.05, 0.1) is 0 Å². The van der Waals surface area contributed by atoms with E-state index >= 15 is 0 Å². The lowest BCUT2D eigenvalue weighted by Crippen LogP contribution is -1.88. The lowest BCUT2D eigenvalue weighted by molar-refractivity contribution is 0.824. The molecule has 2 heteroatoms. The van der Waals surface area contributed by atoms with E-state index in [1.807, 2.05) is 0 Å². The van der Waals surface area contributed by atoms with E-state index < -0.39 is 0 Å². The van der Waals surface area contributed by atoms with Gasteiger partial charge in [0, 0.05) is 0 Å². The van der Waals surface area contributed by atoms with Gasteiger partial charge in [-0.2, -0.15) is 0 Å². The van der Waals surface area contributed by atoms with E-state index in [-0.39, 0.29) is 5.48 Å². The van der Waals surface area contributed by atoms with Crippen molar-refractivity contribution in [1.29, 1.82) is 0 Å². The van der Waals surface area contributed by atoms with E-state index in [1.165, 1.54) is 0 Å². The van der Waals surface area contributed by atoms with Crippen molar-refractivity contribution in [2.75, 3.05) is 6.54 Å². The molecule has 0 aliphatic rings. The number of rotatable bonds is 0. The maximum atomic E-state index is 4.74. The van der Waals surface area contributed by atoms with Crippen LogP contribution < -0.4 is 5.73 Å². The molecule has 0 aromatic rings. The second-order valence-electron chi connectivity index (χ2n) is 0.289. The number of hydrogen-bond donors (Lipinski definition) is 1. The van der Waals surface area contributed by atoms with E-state index in [1.54, 1.807) is 0 Å². The van der Waals surface area contributed by atoms with Gasteiger partial charge in [-0.1, -0.05) is 0 Å². The highest BCUT2D eigenvalue weighted by Gasteiger charge is 1.33. The molecule has 0 spiro atoms. The second kappa shape index (κ2) is 12.7. The molecule has 4 N–H and O–H groups in total. The molecule has 2 nitrogen and oxygen atoms in total. The molecule has 27 valence electrons. The fourth-order valence-electron chi connectivity index (χ4n) is 0. The molecule has 0 aromatic carbocycles. The fourth-order valence-corrected chi connectivity index (χ4v) is 0. The van der Waals surface area contributed by atoms with E-state index in [4.69, 9.17) is 5.73 Å². The average molecular weight is 62.1 g/mol. The first-order valence-electron chi connectivity index (χ1n) is 0.908. The average Bonchev–Trinajstić information content (AvgIpc) is 0.918. The van der Waals surface area contributed by atoms with Crippen molar-refractivity contribution in [1.82, 2.24) is 0 Å². The Balaban J connectivity index is 0. The lowest BCUT2D eigenvalue weighted by atomic mass is 10.8. The highest BCUT2D eigenvalue weighted by atomic mass is 16.0. The first kappa shape index (κ1) is 9.07. The molecule has 0 bridgehead atoms. The van der Waals surface area contributed by atoms with Gasteiger partial charge in [0.15, 0.2) is 0 Å². The van der Waals surface area contributed by atoms with E-state index in [9.17, 15) is 0 Å². The Morgan fingerprint density at radius 2 is 1.75 bits per heavy atom. The summed E-state index contributed by atoms with van der Waals surface area (Å²) in [6.07, 6.45) is 0. The van der Waals surface area contributed by atoms with Gasteiger partial charge >= 0.3 is 0 Å². The van der Waals surface area contributed by atoms with Crippen LogP contribution in [0.25, 0.3) is 0 Å². The Labute approximate surface area is 25.9 Å². The summed E-state index contributed by atoms with van der Waals surface area (Å²) in [6.45, 7) is 3.76. The van der Waals surface area contributed by atoms with Crippen LogP contribution in [0, 0.1) is 6.92 Å². The predicted molar refractivity (Wildman–Crippen MR) is 18.0 cm³/mol. The van der Waals surface area contributed by atoms with Gasteiger partial charge in [0.1, 0.15) is 0 Å². The molecule has 0 heterocycles. The largest absolute Gasteiger partial charge is 0.412 e. The predicted octanol–water partition coefficient (Wildman–Crippen LogP) is -1.05. The molecule has 0 fully saturated rings. The highest BCUT2D eigenvalue weighted by molar-refractivity contribution is 4.25. The van der Waals surface area contributed by atoms with Crippen molar-refractivity contribution in [3.8, 4) is 0 Å². The summed E-state index contributed by atoms with van der Waals surface area (Å²) >= 11 is 0. The Hall–Kier alpha value is -0.0800. The molecule has 0 aromatic heterocycles. The van der Waals surface area contributed by atoms with Crippen LogP contribution >= 0.6 is 0 Å². The van der Waals surface area contributed by atoms with Crippen LogP contribution in [0.15, 0.2) is 0 Å². The van der Waals surface area contributed by atoms with Gasteiger partial charge in [-0.3, -0.25) is 0 Å². The smallest absolute Gasteiger partial charge is 0.00768 e.